The van der Waals surface area contributed by atoms with Crippen molar-refractivity contribution >= 4 is 38.7 Å². The van der Waals surface area contributed by atoms with Crippen molar-refractivity contribution in [1.29, 1.82) is 0 Å². The number of rotatable bonds is 8. The number of aromatic nitrogens is 2. The number of amides is 1. The van der Waals surface area contributed by atoms with Crippen LogP contribution in [0.1, 0.15) is 22.4 Å². The average molecular weight is 490 g/mol. The van der Waals surface area contributed by atoms with Gasteiger partial charge in [-0.2, -0.15) is 0 Å². The van der Waals surface area contributed by atoms with Crippen molar-refractivity contribution in [2.45, 2.75) is 20.4 Å². The summed E-state index contributed by atoms with van der Waals surface area (Å²) in [5.41, 5.74) is 4.70. The molecule has 35 heavy (non-hydrogen) atoms. The van der Waals surface area contributed by atoms with E-state index in [9.17, 15) is 4.79 Å². The Morgan fingerprint density at radius 3 is 2.40 bits per heavy atom. The molecule has 8 heteroatoms. The lowest BCUT2D eigenvalue weighted by Gasteiger charge is -2.18. The van der Waals surface area contributed by atoms with E-state index in [2.05, 4.69) is 24.9 Å². The Kier molecular flexibility index (Phi) is 7.31. The van der Waals surface area contributed by atoms with Crippen LogP contribution in [0.25, 0.3) is 16.3 Å². The SMILES string of the molecule is COc1cc(/C=C/C(=O)N(Cc2ccccn2)c2nc3c(C)c(C)ccc3s2)cc(OC)c1OC. The number of hydrogen-bond acceptors (Lipinski definition) is 7. The van der Waals surface area contributed by atoms with Crippen LogP contribution in [0.15, 0.2) is 54.7 Å². The molecule has 0 fully saturated rings. The molecule has 0 bridgehead atoms. The molecular formula is C27H27N3O4S. The average Bonchev–Trinajstić information content (AvgIpc) is 3.32. The van der Waals surface area contributed by atoms with Crippen LogP contribution in [0.5, 0.6) is 17.2 Å². The van der Waals surface area contributed by atoms with Gasteiger partial charge in [-0.15, -0.1) is 0 Å². The first-order valence-corrected chi connectivity index (χ1v) is 11.8. The molecule has 0 saturated heterocycles. The monoisotopic (exact) mass is 489 g/mol. The third kappa shape index (κ3) is 5.12. The number of hydrogen-bond donors (Lipinski definition) is 0. The van der Waals surface area contributed by atoms with E-state index in [1.807, 2.05) is 24.3 Å². The van der Waals surface area contributed by atoms with Crippen LogP contribution in [0.3, 0.4) is 0 Å². The Labute approximate surface area is 208 Å². The van der Waals surface area contributed by atoms with Crippen LogP contribution < -0.4 is 19.1 Å². The highest BCUT2D eigenvalue weighted by atomic mass is 32.1. The molecule has 0 aliphatic rings. The number of methoxy groups -OCH3 is 3. The number of carbonyl (C=O) groups excluding carboxylic acids is 1. The molecule has 0 atom stereocenters. The van der Waals surface area contributed by atoms with Crippen LogP contribution in [0, 0.1) is 13.8 Å². The molecule has 0 N–H and O–H groups in total. The second kappa shape index (κ2) is 10.6. The minimum atomic E-state index is -0.210. The first-order chi connectivity index (χ1) is 16.9. The molecule has 180 valence electrons. The summed E-state index contributed by atoms with van der Waals surface area (Å²) in [6.07, 6.45) is 4.96. The van der Waals surface area contributed by atoms with Gasteiger partial charge in [0.2, 0.25) is 5.75 Å². The van der Waals surface area contributed by atoms with Gasteiger partial charge in [0.1, 0.15) is 0 Å². The van der Waals surface area contributed by atoms with Crippen LogP contribution >= 0.6 is 11.3 Å². The first-order valence-electron chi connectivity index (χ1n) is 11.0. The number of anilines is 1. The Hall–Kier alpha value is -3.91. The lowest BCUT2D eigenvalue weighted by Crippen LogP contribution is -2.29. The summed E-state index contributed by atoms with van der Waals surface area (Å²) in [6, 6.07) is 13.4. The molecule has 0 radical (unpaired) electrons. The summed E-state index contributed by atoms with van der Waals surface area (Å²) in [7, 11) is 4.67. The topological polar surface area (TPSA) is 73.8 Å². The van der Waals surface area contributed by atoms with E-state index in [-0.39, 0.29) is 5.91 Å². The van der Waals surface area contributed by atoms with E-state index >= 15 is 0 Å². The first kappa shape index (κ1) is 24.2. The summed E-state index contributed by atoms with van der Waals surface area (Å²) in [4.78, 5) is 24.4. The molecular weight excluding hydrogens is 462 g/mol. The third-order valence-corrected chi connectivity index (χ3v) is 6.77. The van der Waals surface area contributed by atoms with Gasteiger partial charge in [-0.1, -0.05) is 23.5 Å². The van der Waals surface area contributed by atoms with Crippen LogP contribution in [0.4, 0.5) is 5.13 Å². The predicted molar refractivity (Wildman–Crippen MR) is 140 cm³/mol. The summed E-state index contributed by atoms with van der Waals surface area (Å²) >= 11 is 1.49. The maximum atomic E-state index is 13.5. The van der Waals surface area contributed by atoms with E-state index in [1.54, 1.807) is 50.6 Å². The Morgan fingerprint density at radius 1 is 1.03 bits per heavy atom. The predicted octanol–water partition coefficient (Wildman–Crippen LogP) is 5.58. The molecule has 1 amide bonds. The van der Waals surface area contributed by atoms with Gasteiger partial charge in [-0.3, -0.25) is 14.7 Å². The summed E-state index contributed by atoms with van der Waals surface area (Å²) in [6.45, 7) is 4.41. The Bertz CT molecular complexity index is 1360. The molecule has 7 nitrogen and oxygen atoms in total. The normalized spacial score (nSPS) is 11.1. The maximum absolute atomic E-state index is 13.5. The summed E-state index contributed by atoms with van der Waals surface area (Å²) in [5, 5.41) is 0.624. The number of thiazole rings is 1. The number of aryl methyl sites for hydroxylation is 2. The fourth-order valence-electron chi connectivity index (χ4n) is 3.68. The van der Waals surface area contributed by atoms with Gasteiger partial charge in [0, 0.05) is 12.3 Å². The molecule has 4 aromatic rings. The maximum Gasteiger partial charge on any atom is 0.253 e. The van der Waals surface area contributed by atoms with E-state index in [0.717, 1.165) is 27.0 Å². The van der Waals surface area contributed by atoms with E-state index in [4.69, 9.17) is 19.2 Å². The van der Waals surface area contributed by atoms with Crippen LogP contribution in [-0.4, -0.2) is 37.2 Å². The third-order valence-electron chi connectivity index (χ3n) is 5.72. The van der Waals surface area contributed by atoms with Gasteiger partial charge in [0.15, 0.2) is 16.6 Å². The molecule has 2 aromatic carbocycles. The van der Waals surface area contributed by atoms with Crippen molar-refractivity contribution in [2.75, 3.05) is 26.2 Å². The van der Waals surface area contributed by atoms with Crippen LogP contribution in [0.2, 0.25) is 0 Å². The second-order valence-electron chi connectivity index (χ2n) is 7.89. The number of nitrogens with zero attached hydrogens (tertiary/aromatic N) is 3. The smallest absolute Gasteiger partial charge is 0.253 e. The van der Waals surface area contributed by atoms with Crippen molar-refractivity contribution in [1.82, 2.24) is 9.97 Å². The minimum Gasteiger partial charge on any atom is -0.493 e. The van der Waals surface area contributed by atoms with Crippen LogP contribution in [-0.2, 0) is 11.3 Å². The van der Waals surface area contributed by atoms with Gasteiger partial charge >= 0.3 is 0 Å². The number of carbonyl (C=O) groups is 1. The molecule has 4 rings (SSSR count). The van der Waals surface area contributed by atoms with Crippen molar-refractivity contribution in [2.24, 2.45) is 0 Å². The number of fused-ring (bicyclic) bond motifs is 1. The van der Waals surface area contributed by atoms with Gasteiger partial charge in [-0.05, 0) is 66.9 Å². The molecule has 0 saturated carbocycles. The highest BCUT2D eigenvalue weighted by Crippen LogP contribution is 2.38. The largest absolute Gasteiger partial charge is 0.493 e. The van der Waals surface area contributed by atoms with Gasteiger partial charge in [0.25, 0.3) is 5.91 Å². The van der Waals surface area contributed by atoms with Gasteiger partial charge in [-0.25, -0.2) is 4.98 Å². The fraction of sp³-hybridized carbons (Fsp3) is 0.222. The zero-order chi connectivity index (χ0) is 24.9. The molecule has 0 aliphatic carbocycles. The van der Waals surface area contributed by atoms with Crippen molar-refractivity contribution in [3.63, 3.8) is 0 Å². The van der Waals surface area contributed by atoms with E-state index in [1.165, 1.54) is 23.0 Å². The highest BCUT2D eigenvalue weighted by Gasteiger charge is 2.20. The zero-order valence-electron chi connectivity index (χ0n) is 20.4. The van der Waals surface area contributed by atoms with Crippen molar-refractivity contribution in [3.05, 3.63) is 77.1 Å². The number of pyridine rings is 1. The lowest BCUT2D eigenvalue weighted by atomic mass is 10.1. The van der Waals surface area contributed by atoms with Crippen molar-refractivity contribution < 1.29 is 19.0 Å². The lowest BCUT2D eigenvalue weighted by molar-refractivity contribution is -0.114. The molecule has 2 aromatic heterocycles. The summed E-state index contributed by atoms with van der Waals surface area (Å²) < 4.78 is 17.3. The van der Waals surface area contributed by atoms with Gasteiger partial charge in [0.05, 0.1) is 43.8 Å². The Morgan fingerprint density at radius 2 is 1.77 bits per heavy atom. The summed E-state index contributed by atoms with van der Waals surface area (Å²) in [5.74, 6) is 1.32. The molecule has 2 heterocycles. The number of ether oxygens (including phenoxy) is 3. The highest BCUT2D eigenvalue weighted by molar-refractivity contribution is 7.22. The van der Waals surface area contributed by atoms with E-state index < -0.39 is 0 Å². The molecule has 0 spiro atoms. The van der Waals surface area contributed by atoms with Crippen molar-refractivity contribution in [3.8, 4) is 17.2 Å². The second-order valence-corrected chi connectivity index (χ2v) is 8.90. The molecule has 0 unspecified atom stereocenters. The van der Waals surface area contributed by atoms with Gasteiger partial charge < -0.3 is 14.2 Å². The quantitative estimate of drug-likeness (QED) is 0.301. The fourth-order valence-corrected chi connectivity index (χ4v) is 4.71. The van der Waals surface area contributed by atoms with E-state index in [0.29, 0.717) is 28.9 Å². The Balaban J connectivity index is 1.71. The standard InChI is InChI=1S/C27H27N3O4S/c1-17-9-11-23-25(18(17)2)29-27(35-23)30(16-20-8-6-7-13-28-20)24(31)12-10-19-14-21(32-3)26(34-5)22(15-19)33-4/h6-15H,16H2,1-5H3/b12-10+. The molecule has 0 aliphatic heterocycles. The zero-order valence-corrected chi connectivity index (χ0v) is 21.2. The minimum absolute atomic E-state index is 0.210. The number of benzene rings is 2.